The van der Waals surface area contributed by atoms with E-state index in [1.165, 1.54) is 17.7 Å². The molecule has 196 valence electrons. The predicted molar refractivity (Wildman–Crippen MR) is 138 cm³/mol. The Morgan fingerprint density at radius 2 is 1.59 bits per heavy atom. The second-order valence-electron chi connectivity index (χ2n) is 9.74. The zero-order chi connectivity index (χ0) is 27.5. The third-order valence-electron chi connectivity index (χ3n) is 5.79. The third kappa shape index (κ3) is 6.99. The minimum absolute atomic E-state index is 0.0393. The fraction of sp³-hybridized carbons (Fsp3) is 0.296. The lowest BCUT2D eigenvalue weighted by atomic mass is 9.86. The van der Waals surface area contributed by atoms with E-state index in [4.69, 9.17) is 0 Å². The van der Waals surface area contributed by atoms with Crippen LogP contribution in [0.2, 0.25) is 0 Å². The zero-order valence-corrected chi connectivity index (χ0v) is 21.2. The molecule has 7 nitrogen and oxygen atoms in total. The number of pyridine rings is 1. The van der Waals surface area contributed by atoms with Crippen LogP contribution in [0, 0.1) is 6.92 Å². The second kappa shape index (κ2) is 10.5. The van der Waals surface area contributed by atoms with Crippen LogP contribution in [0.25, 0.3) is 11.1 Å². The summed E-state index contributed by atoms with van der Waals surface area (Å²) < 4.78 is 38.4. The van der Waals surface area contributed by atoms with Gasteiger partial charge in [-0.25, -0.2) is 4.79 Å². The summed E-state index contributed by atoms with van der Waals surface area (Å²) in [6.45, 7) is 6.53. The number of nitrogens with zero attached hydrogens (tertiary/aromatic N) is 1. The standard InChI is InChI=1S/C27H29F3N4O3/c1-16-20(18-13-22(24(36)34(5)14-18)33-25(37)31-15-27(28,29)30)7-6-8-21(16)32-23(35)17-9-11-19(12-10-17)26(2,3)4/h6-14H,15H2,1-5H3,(H,32,35)(H2,31,33,37). The molecule has 37 heavy (non-hydrogen) atoms. The van der Waals surface area contributed by atoms with Gasteiger partial charge in [-0.1, -0.05) is 45.0 Å². The summed E-state index contributed by atoms with van der Waals surface area (Å²) in [6.07, 6.45) is -3.04. The number of carbonyl (C=O) groups excluding carboxylic acids is 2. The van der Waals surface area contributed by atoms with Crippen molar-refractivity contribution in [3.63, 3.8) is 0 Å². The van der Waals surface area contributed by atoms with Gasteiger partial charge in [0.1, 0.15) is 12.2 Å². The molecule has 0 atom stereocenters. The lowest BCUT2D eigenvalue weighted by Gasteiger charge is -2.19. The molecule has 0 aliphatic heterocycles. The van der Waals surface area contributed by atoms with Gasteiger partial charge in [-0.05, 0) is 53.3 Å². The van der Waals surface area contributed by atoms with Gasteiger partial charge in [0.05, 0.1) is 0 Å². The Labute approximate surface area is 212 Å². The van der Waals surface area contributed by atoms with Crippen molar-refractivity contribution in [2.75, 3.05) is 17.2 Å². The first-order chi connectivity index (χ1) is 17.2. The Bertz CT molecular complexity index is 1370. The Morgan fingerprint density at radius 1 is 0.946 bits per heavy atom. The smallest absolute Gasteiger partial charge is 0.329 e. The molecule has 0 saturated heterocycles. The van der Waals surface area contributed by atoms with Crippen molar-refractivity contribution in [1.29, 1.82) is 0 Å². The first-order valence-electron chi connectivity index (χ1n) is 11.5. The highest BCUT2D eigenvalue weighted by molar-refractivity contribution is 6.05. The van der Waals surface area contributed by atoms with Gasteiger partial charge in [0.2, 0.25) is 0 Å². The van der Waals surface area contributed by atoms with Crippen LogP contribution in [0.5, 0.6) is 0 Å². The topological polar surface area (TPSA) is 92.2 Å². The molecular weight excluding hydrogens is 485 g/mol. The molecule has 3 rings (SSSR count). The number of amides is 3. The van der Waals surface area contributed by atoms with Gasteiger partial charge < -0.3 is 20.5 Å². The second-order valence-corrected chi connectivity index (χ2v) is 9.74. The van der Waals surface area contributed by atoms with Crippen molar-refractivity contribution in [2.45, 2.75) is 39.3 Å². The number of nitrogens with one attached hydrogen (secondary N) is 3. The minimum atomic E-state index is -4.58. The maximum Gasteiger partial charge on any atom is 0.405 e. The molecule has 2 aromatic carbocycles. The van der Waals surface area contributed by atoms with Gasteiger partial charge in [-0.2, -0.15) is 13.2 Å². The molecule has 0 bridgehead atoms. The summed E-state index contributed by atoms with van der Waals surface area (Å²) in [5.74, 6) is -0.287. The van der Waals surface area contributed by atoms with Gasteiger partial charge >= 0.3 is 12.2 Å². The fourth-order valence-electron chi connectivity index (χ4n) is 3.70. The summed E-state index contributed by atoms with van der Waals surface area (Å²) in [7, 11) is 1.47. The van der Waals surface area contributed by atoms with E-state index >= 15 is 0 Å². The van der Waals surface area contributed by atoms with Gasteiger partial charge in [0, 0.05) is 30.1 Å². The number of benzene rings is 2. The molecule has 3 N–H and O–H groups in total. The number of anilines is 2. The number of alkyl halides is 3. The van der Waals surface area contributed by atoms with Crippen LogP contribution in [0.15, 0.2) is 59.5 Å². The molecule has 0 fully saturated rings. The van der Waals surface area contributed by atoms with E-state index in [-0.39, 0.29) is 17.0 Å². The van der Waals surface area contributed by atoms with E-state index in [0.717, 1.165) is 5.56 Å². The molecular formula is C27H29F3N4O3. The van der Waals surface area contributed by atoms with Gasteiger partial charge in [-0.3, -0.25) is 9.59 Å². The number of rotatable bonds is 5. The monoisotopic (exact) mass is 514 g/mol. The van der Waals surface area contributed by atoms with Gasteiger partial charge in [0.25, 0.3) is 11.5 Å². The Balaban J connectivity index is 1.86. The van der Waals surface area contributed by atoms with Crippen molar-refractivity contribution < 1.29 is 22.8 Å². The van der Waals surface area contributed by atoms with Gasteiger partial charge in [0.15, 0.2) is 0 Å². The maximum absolute atomic E-state index is 12.9. The number of urea groups is 1. The number of hydrogen-bond donors (Lipinski definition) is 3. The zero-order valence-electron chi connectivity index (χ0n) is 21.2. The van der Waals surface area contributed by atoms with Crippen LogP contribution < -0.4 is 21.5 Å². The third-order valence-corrected chi connectivity index (χ3v) is 5.79. The quantitative estimate of drug-likeness (QED) is 0.414. The molecule has 3 aromatic rings. The van der Waals surface area contributed by atoms with Crippen LogP contribution in [0.4, 0.5) is 29.3 Å². The lowest BCUT2D eigenvalue weighted by Crippen LogP contribution is -2.38. The highest BCUT2D eigenvalue weighted by Gasteiger charge is 2.28. The SMILES string of the molecule is Cc1c(NC(=O)c2ccc(C(C)(C)C)cc2)cccc1-c1cc(NC(=O)NCC(F)(F)F)c(=O)n(C)c1. The molecule has 10 heteroatoms. The number of aromatic nitrogens is 1. The molecule has 0 aliphatic carbocycles. The summed E-state index contributed by atoms with van der Waals surface area (Å²) in [5.41, 5.74) is 3.22. The number of aryl methyl sites for hydroxylation is 1. The molecule has 0 aliphatic rings. The molecule has 1 heterocycles. The number of carbonyl (C=O) groups is 2. The van der Waals surface area contributed by atoms with E-state index < -0.39 is 24.3 Å². The minimum Gasteiger partial charge on any atom is -0.329 e. The molecule has 0 spiro atoms. The summed E-state index contributed by atoms with van der Waals surface area (Å²) >= 11 is 0. The fourth-order valence-corrected chi connectivity index (χ4v) is 3.70. The largest absolute Gasteiger partial charge is 0.405 e. The average Bonchev–Trinajstić information content (AvgIpc) is 2.81. The summed E-state index contributed by atoms with van der Waals surface area (Å²) in [5, 5.41) is 6.76. The summed E-state index contributed by atoms with van der Waals surface area (Å²) in [4.78, 5) is 37.3. The first kappa shape index (κ1) is 27.5. The van der Waals surface area contributed by atoms with Crippen LogP contribution in [0.3, 0.4) is 0 Å². The lowest BCUT2D eigenvalue weighted by molar-refractivity contribution is -0.122. The number of halogens is 3. The average molecular weight is 515 g/mol. The molecule has 0 radical (unpaired) electrons. The van der Waals surface area contributed by atoms with Crippen molar-refractivity contribution in [3.05, 3.63) is 81.8 Å². The van der Waals surface area contributed by atoms with Crippen LogP contribution >= 0.6 is 0 Å². The Morgan fingerprint density at radius 3 is 2.19 bits per heavy atom. The molecule has 1 aromatic heterocycles. The maximum atomic E-state index is 12.9. The van der Waals surface area contributed by atoms with Crippen molar-refractivity contribution in [1.82, 2.24) is 9.88 Å². The number of hydrogen-bond acceptors (Lipinski definition) is 3. The Hall–Kier alpha value is -4.08. The Kier molecular flexibility index (Phi) is 7.80. The molecule has 0 saturated carbocycles. The van der Waals surface area contributed by atoms with E-state index in [9.17, 15) is 27.6 Å². The van der Waals surface area contributed by atoms with Crippen LogP contribution in [0.1, 0.15) is 42.3 Å². The highest BCUT2D eigenvalue weighted by atomic mass is 19.4. The summed E-state index contributed by atoms with van der Waals surface area (Å²) in [6, 6.07) is 12.9. The van der Waals surface area contributed by atoms with E-state index in [0.29, 0.717) is 27.9 Å². The first-order valence-corrected chi connectivity index (χ1v) is 11.5. The highest BCUT2D eigenvalue weighted by Crippen LogP contribution is 2.30. The molecule has 0 unspecified atom stereocenters. The van der Waals surface area contributed by atoms with E-state index in [1.807, 2.05) is 12.1 Å². The van der Waals surface area contributed by atoms with Crippen molar-refractivity contribution >= 4 is 23.3 Å². The van der Waals surface area contributed by atoms with Crippen molar-refractivity contribution in [2.24, 2.45) is 7.05 Å². The van der Waals surface area contributed by atoms with E-state index in [1.54, 1.807) is 48.8 Å². The van der Waals surface area contributed by atoms with Crippen LogP contribution in [-0.4, -0.2) is 29.2 Å². The van der Waals surface area contributed by atoms with Crippen molar-refractivity contribution in [3.8, 4) is 11.1 Å². The normalized spacial score (nSPS) is 11.7. The molecule has 3 amide bonds. The van der Waals surface area contributed by atoms with E-state index in [2.05, 4.69) is 31.4 Å². The predicted octanol–water partition coefficient (Wildman–Crippen LogP) is 5.59. The van der Waals surface area contributed by atoms with Gasteiger partial charge in [-0.15, -0.1) is 0 Å². The van der Waals surface area contributed by atoms with Crippen LogP contribution in [-0.2, 0) is 12.5 Å².